The standard InChI is InChI=1S/C14H7ClF4N2O/c1-6-2-8(10(5-20)13(22)21-6)9-3-7(14(17,18)19)4-11(15)12(9)16/h2-4H,1H3,(H,21,22). The molecule has 1 N–H and O–H groups in total. The van der Waals surface area contributed by atoms with E-state index in [1.54, 1.807) is 6.07 Å². The van der Waals surface area contributed by atoms with E-state index in [2.05, 4.69) is 4.98 Å². The minimum Gasteiger partial charge on any atom is -0.325 e. The second kappa shape index (κ2) is 5.46. The first-order chi connectivity index (χ1) is 10.1. The summed E-state index contributed by atoms with van der Waals surface area (Å²) in [6.45, 7) is 1.46. The summed E-state index contributed by atoms with van der Waals surface area (Å²) in [5, 5.41) is 8.25. The van der Waals surface area contributed by atoms with Crippen LogP contribution in [0, 0.1) is 24.1 Å². The topological polar surface area (TPSA) is 56.6 Å². The number of alkyl halides is 3. The number of nitriles is 1. The molecule has 2 rings (SSSR count). The highest BCUT2D eigenvalue weighted by atomic mass is 35.5. The van der Waals surface area contributed by atoms with Gasteiger partial charge in [0.1, 0.15) is 17.4 Å². The maximum absolute atomic E-state index is 14.1. The molecule has 0 aliphatic carbocycles. The van der Waals surface area contributed by atoms with Gasteiger partial charge < -0.3 is 4.98 Å². The van der Waals surface area contributed by atoms with Crippen molar-refractivity contribution in [2.24, 2.45) is 0 Å². The Morgan fingerprint density at radius 2 is 1.86 bits per heavy atom. The van der Waals surface area contributed by atoms with E-state index in [4.69, 9.17) is 16.9 Å². The van der Waals surface area contributed by atoms with Crippen molar-refractivity contribution in [2.75, 3.05) is 0 Å². The lowest BCUT2D eigenvalue weighted by atomic mass is 9.98. The van der Waals surface area contributed by atoms with Gasteiger partial charge in [-0.05, 0) is 25.1 Å². The van der Waals surface area contributed by atoms with Crippen LogP contribution in [0.4, 0.5) is 17.6 Å². The Balaban J connectivity index is 2.87. The number of nitrogens with zero attached hydrogens (tertiary/aromatic N) is 1. The van der Waals surface area contributed by atoms with Gasteiger partial charge >= 0.3 is 6.18 Å². The molecule has 1 aromatic carbocycles. The molecule has 0 fully saturated rings. The fourth-order valence-electron chi connectivity index (χ4n) is 1.96. The highest BCUT2D eigenvalue weighted by molar-refractivity contribution is 6.31. The maximum atomic E-state index is 14.1. The molecule has 2 aromatic rings. The summed E-state index contributed by atoms with van der Waals surface area (Å²) in [5.41, 5.74) is -2.99. The number of benzene rings is 1. The van der Waals surface area contributed by atoms with Crippen LogP contribution in [0.3, 0.4) is 0 Å². The smallest absolute Gasteiger partial charge is 0.325 e. The normalized spacial score (nSPS) is 11.3. The van der Waals surface area contributed by atoms with Crippen molar-refractivity contribution in [3.63, 3.8) is 0 Å². The van der Waals surface area contributed by atoms with Crippen LogP contribution in [0.5, 0.6) is 0 Å². The Morgan fingerprint density at radius 3 is 2.41 bits per heavy atom. The van der Waals surface area contributed by atoms with E-state index in [-0.39, 0.29) is 11.3 Å². The summed E-state index contributed by atoms with van der Waals surface area (Å²) >= 11 is 5.51. The molecule has 0 amide bonds. The van der Waals surface area contributed by atoms with Gasteiger partial charge in [0.15, 0.2) is 0 Å². The lowest BCUT2D eigenvalue weighted by molar-refractivity contribution is -0.137. The van der Waals surface area contributed by atoms with Crippen molar-refractivity contribution < 1.29 is 17.6 Å². The lowest BCUT2D eigenvalue weighted by Crippen LogP contribution is -2.13. The van der Waals surface area contributed by atoms with Gasteiger partial charge in [0.05, 0.1) is 10.6 Å². The Bertz CT molecular complexity index is 850. The SMILES string of the molecule is Cc1cc(-c2cc(C(F)(F)F)cc(Cl)c2F)c(C#N)c(=O)[nH]1. The molecular weight excluding hydrogens is 324 g/mol. The molecule has 114 valence electrons. The number of hydrogen-bond donors (Lipinski definition) is 1. The summed E-state index contributed by atoms with van der Waals surface area (Å²) in [7, 11) is 0. The zero-order valence-corrected chi connectivity index (χ0v) is 11.7. The van der Waals surface area contributed by atoms with Crippen LogP contribution < -0.4 is 5.56 Å². The molecule has 0 spiro atoms. The highest BCUT2D eigenvalue weighted by Crippen LogP contribution is 2.37. The molecule has 0 unspecified atom stereocenters. The molecular formula is C14H7ClF4N2O. The van der Waals surface area contributed by atoms with Gasteiger partial charge in [0.2, 0.25) is 0 Å². The first kappa shape index (κ1) is 16.0. The maximum Gasteiger partial charge on any atom is 0.416 e. The number of aromatic nitrogens is 1. The number of aryl methyl sites for hydroxylation is 1. The zero-order valence-electron chi connectivity index (χ0n) is 11.0. The van der Waals surface area contributed by atoms with Crippen LogP contribution in [0.2, 0.25) is 5.02 Å². The summed E-state index contributed by atoms with van der Waals surface area (Å²) in [6.07, 6.45) is -4.74. The number of hydrogen-bond acceptors (Lipinski definition) is 2. The third-order valence-electron chi connectivity index (χ3n) is 2.93. The second-order valence-corrected chi connectivity index (χ2v) is 4.91. The van der Waals surface area contributed by atoms with Crippen LogP contribution in [0.15, 0.2) is 23.0 Å². The molecule has 1 heterocycles. The van der Waals surface area contributed by atoms with Gasteiger partial charge in [0.25, 0.3) is 5.56 Å². The largest absolute Gasteiger partial charge is 0.416 e. The number of nitrogens with one attached hydrogen (secondary N) is 1. The Kier molecular flexibility index (Phi) is 3.98. The average molecular weight is 331 g/mol. The molecule has 8 heteroatoms. The summed E-state index contributed by atoms with van der Waals surface area (Å²) in [6, 6.07) is 3.75. The van der Waals surface area contributed by atoms with Crippen LogP contribution >= 0.6 is 11.6 Å². The van der Waals surface area contributed by atoms with E-state index in [9.17, 15) is 22.4 Å². The molecule has 0 radical (unpaired) electrons. The Morgan fingerprint density at radius 1 is 1.23 bits per heavy atom. The number of H-pyrrole nitrogens is 1. The minimum absolute atomic E-state index is 0.241. The third-order valence-corrected chi connectivity index (χ3v) is 3.20. The number of pyridine rings is 1. The van der Waals surface area contributed by atoms with E-state index in [0.29, 0.717) is 12.1 Å². The molecule has 22 heavy (non-hydrogen) atoms. The predicted octanol–water partition coefficient (Wildman–Crippen LogP) is 4.03. The first-order valence-electron chi connectivity index (χ1n) is 5.85. The van der Waals surface area contributed by atoms with Crippen LogP contribution in [0.1, 0.15) is 16.8 Å². The van der Waals surface area contributed by atoms with E-state index < -0.39 is 39.3 Å². The van der Waals surface area contributed by atoms with Crippen LogP contribution in [0.25, 0.3) is 11.1 Å². The first-order valence-corrected chi connectivity index (χ1v) is 6.23. The highest BCUT2D eigenvalue weighted by Gasteiger charge is 2.33. The monoisotopic (exact) mass is 330 g/mol. The van der Waals surface area contributed by atoms with Crippen LogP contribution in [-0.2, 0) is 6.18 Å². The van der Waals surface area contributed by atoms with Gasteiger partial charge in [-0.3, -0.25) is 4.79 Å². The molecule has 0 aliphatic heterocycles. The van der Waals surface area contributed by atoms with Crippen LogP contribution in [-0.4, -0.2) is 4.98 Å². The molecule has 1 aromatic heterocycles. The van der Waals surface area contributed by atoms with Crippen molar-refractivity contribution in [1.29, 1.82) is 5.26 Å². The summed E-state index contributed by atoms with van der Waals surface area (Å²) < 4.78 is 52.6. The molecule has 0 saturated carbocycles. The van der Waals surface area contributed by atoms with E-state index in [1.807, 2.05) is 0 Å². The molecule has 0 bridgehead atoms. The van der Waals surface area contributed by atoms with Crippen molar-refractivity contribution in [3.05, 3.63) is 56.2 Å². The van der Waals surface area contributed by atoms with Crippen molar-refractivity contribution in [3.8, 4) is 17.2 Å². The van der Waals surface area contributed by atoms with Crippen molar-refractivity contribution in [2.45, 2.75) is 13.1 Å². The second-order valence-electron chi connectivity index (χ2n) is 4.50. The van der Waals surface area contributed by atoms with Gasteiger partial charge in [0, 0.05) is 16.8 Å². The fourth-order valence-corrected chi connectivity index (χ4v) is 2.18. The van der Waals surface area contributed by atoms with Gasteiger partial charge in [-0.2, -0.15) is 18.4 Å². The van der Waals surface area contributed by atoms with E-state index in [0.717, 1.165) is 0 Å². The number of aromatic amines is 1. The minimum atomic E-state index is -4.74. The molecule has 3 nitrogen and oxygen atoms in total. The number of rotatable bonds is 1. The third kappa shape index (κ3) is 2.83. The molecule has 0 saturated heterocycles. The van der Waals surface area contributed by atoms with E-state index >= 15 is 0 Å². The van der Waals surface area contributed by atoms with Crippen molar-refractivity contribution >= 4 is 11.6 Å². The Hall–Kier alpha value is -2.33. The van der Waals surface area contributed by atoms with Gasteiger partial charge in [-0.15, -0.1) is 0 Å². The quantitative estimate of drug-likeness (QED) is 0.802. The fraction of sp³-hybridized carbons (Fsp3) is 0.143. The Labute approximate surface area is 126 Å². The molecule has 0 atom stereocenters. The summed E-state index contributed by atoms with van der Waals surface area (Å²) in [4.78, 5) is 14.0. The van der Waals surface area contributed by atoms with Crippen molar-refractivity contribution in [1.82, 2.24) is 4.98 Å². The average Bonchev–Trinajstić information content (AvgIpc) is 2.39. The summed E-state index contributed by atoms with van der Waals surface area (Å²) in [5.74, 6) is -1.13. The molecule has 0 aliphatic rings. The zero-order chi connectivity index (χ0) is 16.7. The predicted molar refractivity (Wildman–Crippen MR) is 71.9 cm³/mol. The number of halogens is 5. The van der Waals surface area contributed by atoms with Gasteiger partial charge in [-0.1, -0.05) is 11.6 Å². The lowest BCUT2D eigenvalue weighted by Gasteiger charge is -2.12. The van der Waals surface area contributed by atoms with E-state index in [1.165, 1.54) is 13.0 Å². The van der Waals surface area contributed by atoms with Gasteiger partial charge in [-0.25, -0.2) is 4.39 Å².